The average Bonchev–Trinajstić information content (AvgIpc) is 3.01. The van der Waals surface area contributed by atoms with Gasteiger partial charge in [-0.15, -0.1) is 0 Å². The van der Waals surface area contributed by atoms with E-state index < -0.39 is 0 Å². The van der Waals surface area contributed by atoms with Crippen molar-refractivity contribution in [1.82, 2.24) is 15.0 Å². The van der Waals surface area contributed by atoms with Gasteiger partial charge in [0, 0.05) is 30.2 Å². The molecule has 2 fully saturated rings. The molecule has 1 atom stereocenters. The Bertz CT molecular complexity index is 843. The normalized spacial score (nSPS) is 21.7. The minimum absolute atomic E-state index is 0.327. The van der Waals surface area contributed by atoms with Crippen LogP contribution in [0, 0.1) is 9.12 Å². The lowest BCUT2D eigenvalue weighted by Gasteiger charge is -2.42. The summed E-state index contributed by atoms with van der Waals surface area (Å²) in [6.07, 6.45) is 9.52. The number of nitrogens with zero attached hydrogens (tertiary/aromatic N) is 4. The number of halogens is 2. The third-order valence-corrected chi connectivity index (χ3v) is 8.51. The van der Waals surface area contributed by atoms with Gasteiger partial charge in [-0.1, -0.05) is 29.8 Å². The summed E-state index contributed by atoms with van der Waals surface area (Å²) >= 11 is 9.93. The molecule has 0 bridgehead atoms. The summed E-state index contributed by atoms with van der Waals surface area (Å²) in [5.74, 6) is 1.26. The Morgan fingerprint density at radius 2 is 2.04 bits per heavy atom. The second kappa shape index (κ2) is 7.88. The van der Waals surface area contributed by atoms with E-state index in [0.29, 0.717) is 22.3 Å². The fourth-order valence-electron chi connectivity index (χ4n) is 4.16. The van der Waals surface area contributed by atoms with E-state index in [2.05, 4.69) is 37.5 Å². The SMILES string of the molecule is Nc1nccc(Sc2ncc(N3CCC4(CCC[C@H]4N)CC3)nc2I)c1Cl. The molecule has 2 aliphatic rings. The molecule has 0 aromatic carbocycles. The first-order valence-electron chi connectivity index (χ1n) is 9.09. The van der Waals surface area contributed by atoms with Crippen LogP contribution in [-0.4, -0.2) is 34.1 Å². The molecule has 0 amide bonds. The third kappa shape index (κ3) is 3.86. The summed E-state index contributed by atoms with van der Waals surface area (Å²) < 4.78 is 0.861. The number of rotatable bonds is 3. The van der Waals surface area contributed by atoms with Gasteiger partial charge in [-0.2, -0.15) is 0 Å². The lowest BCUT2D eigenvalue weighted by atomic mass is 9.74. The number of pyridine rings is 1. The Morgan fingerprint density at radius 3 is 2.70 bits per heavy atom. The van der Waals surface area contributed by atoms with Gasteiger partial charge in [0.15, 0.2) is 0 Å². The van der Waals surface area contributed by atoms with Crippen LogP contribution in [0.4, 0.5) is 11.6 Å². The fourth-order valence-corrected chi connectivity index (χ4v) is 5.87. The topological polar surface area (TPSA) is 94.0 Å². The van der Waals surface area contributed by atoms with Crippen LogP contribution in [0.1, 0.15) is 32.1 Å². The Balaban J connectivity index is 1.47. The first-order valence-corrected chi connectivity index (χ1v) is 11.4. The molecule has 0 unspecified atom stereocenters. The largest absolute Gasteiger partial charge is 0.382 e. The zero-order valence-electron chi connectivity index (χ0n) is 14.9. The number of anilines is 2. The van der Waals surface area contributed by atoms with Crippen LogP contribution in [0.2, 0.25) is 5.02 Å². The Hall–Kier alpha value is -0.840. The molecular weight excluding hydrogens is 495 g/mol. The van der Waals surface area contributed by atoms with Crippen molar-refractivity contribution in [1.29, 1.82) is 0 Å². The van der Waals surface area contributed by atoms with E-state index >= 15 is 0 Å². The standard InChI is InChI=1S/C18H22ClIN6S/c19-14-11(3-7-23-16(14)22)27-17-15(20)25-13(10-24-17)26-8-5-18(6-9-26)4-1-2-12(18)21/h3,7,10,12H,1-2,4-6,8-9,21H2,(H2,22,23)/t12-/m1/s1. The summed E-state index contributed by atoms with van der Waals surface area (Å²) in [7, 11) is 0. The number of nitrogen functional groups attached to an aromatic ring is 1. The van der Waals surface area contributed by atoms with E-state index in [1.807, 2.05) is 12.3 Å². The van der Waals surface area contributed by atoms with Crippen LogP contribution in [0.15, 0.2) is 28.4 Å². The van der Waals surface area contributed by atoms with Crippen LogP contribution < -0.4 is 16.4 Å². The van der Waals surface area contributed by atoms with Gasteiger partial charge in [0.1, 0.15) is 20.4 Å². The van der Waals surface area contributed by atoms with Gasteiger partial charge < -0.3 is 16.4 Å². The van der Waals surface area contributed by atoms with Gasteiger partial charge >= 0.3 is 0 Å². The zero-order valence-corrected chi connectivity index (χ0v) is 18.6. The van der Waals surface area contributed by atoms with Crippen molar-refractivity contribution in [3.05, 3.63) is 27.2 Å². The highest BCUT2D eigenvalue weighted by atomic mass is 127. The number of aromatic nitrogens is 3. The van der Waals surface area contributed by atoms with Gasteiger partial charge in [-0.05, 0) is 59.8 Å². The maximum absolute atomic E-state index is 6.39. The molecule has 6 nitrogen and oxygen atoms in total. The van der Waals surface area contributed by atoms with E-state index in [1.54, 1.807) is 6.20 Å². The number of hydrogen-bond donors (Lipinski definition) is 2. The van der Waals surface area contributed by atoms with Gasteiger partial charge in [0.05, 0.1) is 11.2 Å². The van der Waals surface area contributed by atoms with E-state index in [1.165, 1.54) is 31.0 Å². The highest BCUT2D eigenvalue weighted by Gasteiger charge is 2.43. The molecule has 2 aromatic rings. The highest BCUT2D eigenvalue weighted by molar-refractivity contribution is 14.1. The highest BCUT2D eigenvalue weighted by Crippen LogP contribution is 2.46. The smallest absolute Gasteiger partial charge is 0.148 e. The van der Waals surface area contributed by atoms with Crippen LogP contribution in [-0.2, 0) is 0 Å². The van der Waals surface area contributed by atoms with E-state index in [9.17, 15) is 0 Å². The molecule has 9 heteroatoms. The molecule has 1 spiro atoms. The van der Waals surface area contributed by atoms with Crippen molar-refractivity contribution >= 4 is 57.6 Å². The van der Waals surface area contributed by atoms with E-state index in [4.69, 9.17) is 28.1 Å². The molecule has 4 N–H and O–H groups in total. The van der Waals surface area contributed by atoms with Gasteiger partial charge in [-0.25, -0.2) is 15.0 Å². The molecule has 144 valence electrons. The van der Waals surface area contributed by atoms with Gasteiger partial charge in [0.2, 0.25) is 0 Å². The summed E-state index contributed by atoms with van der Waals surface area (Å²) in [4.78, 5) is 16.6. The Morgan fingerprint density at radius 1 is 1.26 bits per heavy atom. The molecule has 1 saturated carbocycles. The molecular formula is C18H22ClIN6S. The lowest BCUT2D eigenvalue weighted by Crippen LogP contribution is -2.47. The van der Waals surface area contributed by atoms with Crippen molar-refractivity contribution in [3.63, 3.8) is 0 Å². The fraction of sp³-hybridized carbons (Fsp3) is 0.500. The number of piperidine rings is 1. The second-order valence-corrected chi connectivity index (χ2v) is 9.71. The van der Waals surface area contributed by atoms with Gasteiger partial charge in [0.25, 0.3) is 0 Å². The molecule has 4 rings (SSSR count). The predicted molar refractivity (Wildman–Crippen MR) is 118 cm³/mol. The quantitative estimate of drug-likeness (QED) is 0.596. The summed E-state index contributed by atoms with van der Waals surface area (Å²) in [5, 5.41) is 1.27. The number of nitrogens with two attached hydrogens (primary N) is 2. The van der Waals surface area contributed by atoms with Crippen molar-refractivity contribution in [2.45, 2.75) is 48.1 Å². The van der Waals surface area contributed by atoms with Crippen molar-refractivity contribution in [2.24, 2.45) is 11.1 Å². The second-order valence-electron chi connectivity index (χ2n) is 7.28. The first kappa shape index (κ1) is 19.5. The minimum atomic E-state index is 0.327. The van der Waals surface area contributed by atoms with E-state index in [-0.39, 0.29) is 0 Å². The predicted octanol–water partition coefficient (Wildman–Crippen LogP) is 3.96. The maximum Gasteiger partial charge on any atom is 0.148 e. The number of hydrogen-bond acceptors (Lipinski definition) is 7. The molecule has 0 radical (unpaired) electrons. The minimum Gasteiger partial charge on any atom is -0.382 e. The van der Waals surface area contributed by atoms with Crippen molar-refractivity contribution in [3.8, 4) is 0 Å². The summed E-state index contributed by atoms with van der Waals surface area (Å²) in [6, 6.07) is 2.20. The van der Waals surface area contributed by atoms with Crippen LogP contribution in [0.5, 0.6) is 0 Å². The van der Waals surface area contributed by atoms with Gasteiger partial charge in [-0.3, -0.25) is 0 Å². The van der Waals surface area contributed by atoms with E-state index in [0.717, 1.165) is 45.4 Å². The Labute approximate surface area is 182 Å². The molecule has 1 aliphatic heterocycles. The maximum atomic E-state index is 6.39. The first-order chi connectivity index (χ1) is 13.0. The van der Waals surface area contributed by atoms with Crippen molar-refractivity contribution in [2.75, 3.05) is 23.7 Å². The van der Waals surface area contributed by atoms with Crippen molar-refractivity contribution < 1.29 is 0 Å². The summed E-state index contributed by atoms with van der Waals surface area (Å²) in [6.45, 7) is 2.00. The van der Waals surface area contributed by atoms with Crippen LogP contribution in [0.25, 0.3) is 0 Å². The molecule has 27 heavy (non-hydrogen) atoms. The van der Waals surface area contributed by atoms with Crippen LogP contribution in [0.3, 0.4) is 0 Å². The van der Waals surface area contributed by atoms with Crippen LogP contribution >= 0.6 is 46.0 Å². The molecule has 2 aromatic heterocycles. The monoisotopic (exact) mass is 516 g/mol. The molecule has 1 saturated heterocycles. The zero-order chi connectivity index (χ0) is 19.0. The molecule has 1 aliphatic carbocycles. The third-order valence-electron chi connectivity index (χ3n) is 5.83. The Kier molecular flexibility index (Phi) is 5.69. The lowest BCUT2D eigenvalue weighted by molar-refractivity contribution is 0.197. The molecule has 3 heterocycles. The summed E-state index contributed by atoms with van der Waals surface area (Å²) in [5.41, 5.74) is 12.5. The average molecular weight is 517 g/mol.